The Labute approximate surface area is 171 Å². The van der Waals surface area contributed by atoms with Gasteiger partial charge in [-0.2, -0.15) is 0 Å². The van der Waals surface area contributed by atoms with Crippen LogP contribution >= 0.6 is 0 Å². The normalized spacial score (nSPS) is 12.3. The molecule has 0 aliphatic rings. The minimum atomic E-state index is -0.156. The summed E-state index contributed by atoms with van der Waals surface area (Å²) in [5.41, 5.74) is 2.81. The van der Waals surface area contributed by atoms with Crippen LogP contribution in [0.3, 0.4) is 0 Å². The van der Waals surface area contributed by atoms with Crippen LogP contribution in [0.1, 0.15) is 43.3 Å². The Kier molecular flexibility index (Phi) is 6.77. The summed E-state index contributed by atoms with van der Waals surface area (Å²) in [4.78, 5) is 34.2. The number of benzene rings is 2. The second kappa shape index (κ2) is 9.47. The smallest absolute Gasteiger partial charge is 0.258 e. The van der Waals surface area contributed by atoms with Crippen molar-refractivity contribution in [1.29, 1.82) is 0 Å². The van der Waals surface area contributed by atoms with Crippen molar-refractivity contribution >= 4 is 16.8 Å². The zero-order chi connectivity index (χ0) is 20.8. The Morgan fingerprint density at radius 2 is 1.86 bits per heavy atom. The molecule has 1 atom stereocenters. The fraction of sp³-hybridized carbons (Fsp3) is 0.348. The molecule has 2 aromatic carbocycles. The summed E-state index contributed by atoms with van der Waals surface area (Å²) >= 11 is 0. The molecule has 0 saturated carbocycles. The first-order valence-electron chi connectivity index (χ1n) is 10.1. The van der Waals surface area contributed by atoms with Gasteiger partial charge in [0, 0.05) is 0 Å². The summed E-state index contributed by atoms with van der Waals surface area (Å²) in [6, 6.07) is 15.5. The number of hydrogen-bond donors (Lipinski definition) is 2. The predicted molar refractivity (Wildman–Crippen MR) is 116 cm³/mol. The van der Waals surface area contributed by atoms with Crippen LogP contribution in [0.5, 0.6) is 0 Å². The minimum Gasteiger partial charge on any atom is -0.348 e. The van der Waals surface area contributed by atoms with Crippen LogP contribution in [-0.2, 0) is 11.3 Å². The van der Waals surface area contributed by atoms with Gasteiger partial charge in [0.1, 0.15) is 5.82 Å². The third kappa shape index (κ3) is 5.29. The number of nitrogens with one attached hydrogen (secondary N) is 2. The highest BCUT2D eigenvalue weighted by Crippen LogP contribution is 2.17. The van der Waals surface area contributed by atoms with Gasteiger partial charge >= 0.3 is 0 Å². The summed E-state index contributed by atoms with van der Waals surface area (Å²) in [7, 11) is 0. The monoisotopic (exact) mass is 392 g/mol. The van der Waals surface area contributed by atoms with Crippen molar-refractivity contribution in [3.63, 3.8) is 0 Å². The first kappa shape index (κ1) is 20.7. The minimum absolute atomic E-state index is 0.0135. The molecular weight excluding hydrogens is 364 g/mol. The van der Waals surface area contributed by atoms with Gasteiger partial charge in [-0.3, -0.25) is 14.5 Å². The summed E-state index contributed by atoms with van der Waals surface area (Å²) in [6.45, 7) is 7.43. The maximum atomic E-state index is 12.6. The van der Waals surface area contributed by atoms with E-state index >= 15 is 0 Å². The van der Waals surface area contributed by atoms with Crippen LogP contribution in [0.2, 0.25) is 0 Å². The molecule has 0 unspecified atom stereocenters. The number of aromatic nitrogens is 2. The number of amides is 1. The Morgan fingerprint density at radius 1 is 1.14 bits per heavy atom. The van der Waals surface area contributed by atoms with E-state index in [0.717, 1.165) is 12.0 Å². The van der Waals surface area contributed by atoms with Gasteiger partial charge in [0.15, 0.2) is 0 Å². The molecular formula is C23H28N4O2. The molecule has 0 fully saturated rings. The van der Waals surface area contributed by atoms with E-state index in [1.165, 1.54) is 5.56 Å². The summed E-state index contributed by atoms with van der Waals surface area (Å²) in [5.74, 6) is 0.524. The molecule has 0 radical (unpaired) electrons. The lowest BCUT2D eigenvalue weighted by Gasteiger charge is -2.22. The van der Waals surface area contributed by atoms with Gasteiger partial charge in [-0.15, -0.1) is 0 Å². The lowest BCUT2D eigenvalue weighted by atomic mass is 10.0. The number of likely N-dealkylation sites (N-methyl/N-ethyl adjacent to an activating group) is 1. The number of rotatable bonds is 8. The van der Waals surface area contributed by atoms with Gasteiger partial charge in [0.05, 0.1) is 30.0 Å². The van der Waals surface area contributed by atoms with E-state index in [0.29, 0.717) is 29.8 Å². The van der Waals surface area contributed by atoms with Crippen LogP contribution in [0.25, 0.3) is 10.9 Å². The third-order valence-corrected chi connectivity index (χ3v) is 5.07. The maximum Gasteiger partial charge on any atom is 0.258 e. The molecule has 3 rings (SSSR count). The number of H-pyrrole nitrogens is 1. The van der Waals surface area contributed by atoms with E-state index in [-0.39, 0.29) is 24.1 Å². The molecule has 0 bridgehead atoms. The molecule has 0 saturated heterocycles. The van der Waals surface area contributed by atoms with Gasteiger partial charge < -0.3 is 10.3 Å². The number of hydrogen-bond acceptors (Lipinski definition) is 4. The van der Waals surface area contributed by atoms with Crippen molar-refractivity contribution in [2.24, 2.45) is 0 Å². The number of fused-ring (bicyclic) bond motifs is 1. The van der Waals surface area contributed by atoms with Crippen molar-refractivity contribution in [1.82, 2.24) is 20.2 Å². The summed E-state index contributed by atoms with van der Waals surface area (Å²) < 4.78 is 0. The standard InChI is InChI=1S/C23H28N4O2/c1-4-19(17-12-10-16(3)11-13-17)25-22(28)15-27(5-2)14-21-24-20-9-7-6-8-18(20)23(29)26-21/h6-13,19H,4-5,14-15H2,1-3H3,(H,25,28)(H,24,26,29)/t19-/m0/s1. The average molecular weight is 393 g/mol. The molecule has 0 spiro atoms. The maximum absolute atomic E-state index is 12.6. The molecule has 6 nitrogen and oxygen atoms in total. The van der Waals surface area contributed by atoms with E-state index < -0.39 is 0 Å². The van der Waals surface area contributed by atoms with Crippen molar-refractivity contribution in [3.8, 4) is 0 Å². The zero-order valence-electron chi connectivity index (χ0n) is 17.2. The Bertz CT molecular complexity index is 1030. The van der Waals surface area contributed by atoms with Crippen LogP contribution in [-0.4, -0.2) is 33.9 Å². The van der Waals surface area contributed by atoms with Gasteiger partial charge in [0.2, 0.25) is 5.91 Å². The molecule has 29 heavy (non-hydrogen) atoms. The second-order valence-corrected chi connectivity index (χ2v) is 7.27. The highest BCUT2D eigenvalue weighted by atomic mass is 16.2. The van der Waals surface area contributed by atoms with E-state index in [4.69, 9.17) is 0 Å². The largest absolute Gasteiger partial charge is 0.348 e. The Hall–Kier alpha value is -2.99. The molecule has 2 N–H and O–H groups in total. The van der Waals surface area contributed by atoms with Crippen LogP contribution in [0.15, 0.2) is 53.3 Å². The summed E-state index contributed by atoms with van der Waals surface area (Å²) in [6.07, 6.45) is 0.820. The molecule has 1 aromatic heterocycles. The van der Waals surface area contributed by atoms with Crippen molar-refractivity contribution in [2.75, 3.05) is 13.1 Å². The molecule has 0 aliphatic carbocycles. The number of aryl methyl sites for hydroxylation is 1. The summed E-state index contributed by atoms with van der Waals surface area (Å²) in [5, 5.41) is 3.69. The number of nitrogens with zero attached hydrogens (tertiary/aromatic N) is 2. The van der Waals surface area contributed by atoms with E-state index in [2.05, 4.69) is 46.5 Å². The lowest BCUT2D eigenvalue weighted by Crippen LogP contribution is -2.39. The van der Waals surface area contributed by atoms with Crippen molar-refractivity contribution in [3.05, 3.63) is 75.8 Å². The molecule has 6 heteroatoms. The quantitative estimate of drug-likeness (QED) is 0.616. The average Bonchev–Trinajstić information content (AvgIpc) is 2.72. The number of carbonyl (C=O) groups is 1. The van der Waals surface area contributed by atoms with Gasteiger partial charge in [-0.25, -0.2) is 4.98 Å². The molecule has 1 heterocycles. The molecule has 0 aliphatic heterocycles. The molecule has 1 amide bonds. The molecule has 152 valence electrons. The third-order valence-electron chi connectivity index (χ3n) is 5.07. The van der Waals surface area contributed by atoms with Crippen molar-refractivity contribution < 1.29 is 4.79 Å². The van der Waals surface area contributed by atoms with Crippen LogP contribution in [0.4, 0.5) is 0 Å². The topological polar surface area (TPSA) is 78.1 Å². The SMILES string of the molecule is CC[C@H](NC(=O)CN(CC)Cc1nc2ccccc2c(=O)[nH]1)c1ccc(C)cc1. The van der Waals surface area contributed by atoms with Gasteiger partial charge in [0.25, 0.3) is 5.56 Å². The molecule has 3 aromatic rings. The lowest BCUT2D eigenvalue weighted by molar-refractivity contribution is -0.123. The fourth-order valence-corrected chi connectivity index (χ4v) is 3.36. The first-order valence-corrected chi connectivity index (χ1v) is 10.1. The Balaban J connectivity index is 1.66. The Morgan fingerprint density at radius 3 is 2.55 bits per heavy atom. The number of aromatic amines is 1. The predicted octanol–water partition coefficient (Wildman–Crippen LogP) is 3.32. The van der Waals surface area contributed by atoms with Gasteiger partial charge in [-0.05, 0) is 37.6 Å². The first-order chi connectivity index (χ1) is 14.0. The number of carbonyl (C=O) groups excluding carboxylic acids is 1. The van der Waals surface area contributed by atoms with E-state index in [1.807, 2.05) is 36.9 Å². The van der Waals surface area contributed by atoms with Crippen molar-refractivity contribution in [2.45, 2.75) is 39.8 Å². The second-order valence-electron chi connectivity index (χ2n) is 7.27. The highest BCUT2D eigenvalue weighted by molar-refractivity contribution is 5.78. The van der Waals surface area contributed by atoms with E-state index in [1.54, 1.807) is 6.07 Å². The van der Waals surface area contributed by atoms with Crippen LogP contribution in [0, 0.1) is 6.92 Å². The highest BCUT2D eigenvalue weighted by Gasteiger charge is 2.16. The van der Waals surface area contributed by atoms with E-state index in [9.17, 15) is 9.59 Å². The van der Waals surface area contributed by atoms with Gasteiger partial charge in [-0.1, -0.05) is 55.8 Å². The number of para-hydroxylation sites is 1. The fourth-order valence-electron chi connectivity index (χ4n) is 3.36. The zero-order valence-corrected chi connectivity index (χ0v) is 17.2. The van der Waals surface area contributed by atoms with Crippen LogP contribution < -0.4 is 10.9 Å².